The lowest BCUT2D eigenvalue weighted by atomic mass is 10.0. The van der Waals surface area contributed by atoms with E-state index in [1.165, 1.54) is 6.26 Å². The van der Waals surface area contributed by atoms with E-state index in [4.69, 9.17) is 0 Å². The van der Waals surface area contributed by atoms with Crippen LogP contribution in [0.4, 0.5) is 5.69 Å². The van der Waals surface area contributed by atoms with E-state index in [0.717, 1.165) is 37.1 Å². The molecule has 1 atom stereocenters. The smallest absolute Gasteiger partial charge is 0.227 e. The summed E-state index contributed by atoms with van der Waals surface area (Å²) in [5.74, 6) is 0.138. The Morgan fingerprint density at radius 3 is 2.73 bits per heavy atom. The number of amides is 1. The second-order valence-electron chi connectivity index (χ2n) is 6.06. The minimum absolute atomic E-state index is 0.00862. The van der Waals surface area contributed by atoms with Crippen LogP contribution in [0, 0.1) is 5.92 Å². The highest BCUT2D eigenvalue weighted by Gasteiger charge is 2.24. The number of hydrogen-bond donors (Lipinski definition) is 1. The van der Waals surface area contributed by atoms with Crippen LogP contribution in [-0.4, -0.2) is 45.6 Å². The molecule has 1 aliphatic rings. The van der Waals surface area contributed by atoms with Gasteiger partial charge in [-0.1, -0.05) is 24.6 Å². The summed E-state index contributed by atoms with van der Waals surface area (Å²) in [5, 5.41) is 3.27. The summed E-state index contributed by atoms with van der Waals surface area (Å²) in [5.41, 5.74) is 1.55. The van der Waals surface area contributed by atoms with Crippen molar-refractivity contribution in [1.82, 2.24) is 4.90 Å². The van der Waals surface area contributed by atoms with Crippen molar-refractivity contribution >= 4 is 21.4 Å². The Hall–Kier alpha value is -1.56. The molecule has 0 aliphatic carbocycles. The number of nitrogens with zero attached hydrogens (tertiary/aromatic N) is 1. The first-order chi connectivity index (χ1) is 10.4. The predicted octanol–water partition coefficient (Wildman–Crippen LogP) is 1.90. The monoisotopic (exact) mass is 324 g/mol. The topological polar surface area (TPSA) is 66.5 Å². The number of benzene rings is 1. The van der Waals surface area contributed by atoms with E-state index in [1.54, 1.807) is 4.90 Å². The largest absolute Gasteiger partial charge is 0.384 e. The van der Waals surface area contributed by atoms with E-state index in [1.807, 2.05) is 31.3 Å². The van der Waals surface area contributed by atoms with Crippen molar-refractivity contribution in [2.75, 3.05) is 31.7 Å². The van der Waals surface area contributed by atoms with Crippen molar-refractivity contribution < 1.29 is 13.2 Å². The fourth-order valence-electron chi connectivity index (χ4n) is 2.81. The Balaban J connectivity index is 2.06. The molecule has 5 nitrogen and oxygen atoms in total. The Bertz CT molecular complexity index is 628. The maximum atomic E-state index is 12.3. The molecule has 0 saturated carbocycles. The zero-order chi connectivity index (χ0) is 16.2. The number of anilines is 1. The number of sulfone groups is 1. The summed E-state index contributed by atoms with van der Waals surface area (Å²) in [4.78, 5) is 14.1. The lowest BCUT2D eigenvalue weighted by molar-refractivity contribution is -0.133. The van der Waals surface area contributed by atoms with Gasteiger partial charge in [0.1, 0.15) is 0 Å². The minimum atomic E-state index is -3.08. The fraction of sp³-hybridized carbons (Fsp3) is 0.562. The van der Waals surface area contributed by atoms with Gasteiger partial charge in [0.25, 0.3) is 0 Å². The Labute approximate surface area is 132 Å². The van der Waals surface area contributed by atoms with E-state index in [-0.39, 0.29) is 17.6 Å². The molecule has 1 amide bonds. The van der Waals surface area contributed by atoms with Crippen LogP contribution < -0.4 is 5.32 Å². The van der Waals surface area contributed by atoms with E-state index in [2.05, 4.69) is 5.32 Å². The van der Waals surface area contributed by atoms with E-state index >= 15 is 0 Å². The van der Waals surface area contributed by atoms with E-state index in [0.29, 0.717) is 6.54 Å². The van der Waals surface area contributed by atoms with Gasteiger partial charge in [-0.2, -0.15) is 0 Å². The van der Waals surface area contributed by atoms with Gasteiger partial charge in [0, 0.05) is 32.1 Å². The van der Waals surface area contributed by atoms with E-state index < -0.39 is 9.84 Å². The molecule has 0 radical (unpaired) electrons. The fourth-order valence-corrected chi connectivity index (χ4v) is 3.63. The second kappa shape index (κ2) is 7.13. The summed E-state index contributed by atoms with van der Waals surface area (Å²) >= 11 is 0. The summed E-state index contributed by atoms with van der Waals surface area (Å²) in [7, 11) is -1.24. The van der Waals surface area contributed by atoms with E-state index in [9.17, 15) is 13.2 Å². The third-order valence-electron chi connectivity index (χ3n) is 4.00. The molecule has 0 unspecified atom stereocenters. The molecule has 1 N–H and O–H groups in total. The lowest BCUT2D eigenvalue weighted by Gasteiger charge is -2.21. The van der Waals surface area contributed by atoms with Crippen LogP contribution in [0.15, 0.2) is 24.3 Å². The van der Waals surface area contributed by atoms with Gasteiger partial charge >= 0.3 is 0 Å². The minimum Gasteiger partial charge on any atom is -0.384 e. The van der Waals surface area contributed by atoms with Crippen LogP contribution in [0.2, 0.25) is 0 Å². The number of nitrogens with one attached hydrogen (secondary N) is 1. The summed E-state index contributed by atoms with van der Waals surface area (Å²) < 4.78 is 23.0. The second-order valence-corrected chi connectivity index (χ2v) is 8.20. The van der Waals surface area contributed by atoms with Crippen molar-refractivity contribution in [3.8, 4) is 0 Å². The van der Waals surface area contributed by atoms with Gasteiger partial charge in [0.15, 0.2) is 9.84 Å². The highest BCUT2D eigenvalue weighted by atomic mass is 32.2. The van der Waals surface area contributed by atoms with Crippen molar-refractivity contribution in [2.24, 2.45) is 5.92 Å². The van der Waals surface area contributed by atoms with Crippen molar-refractivity contribution in [1.29, 1.82) is 0 Å². The van der Waals surface area contributed by atoms with Crippen molar-refractivity contribution in [3.63, 3.8) is 0 Å². The highest BCUT2D eigenvalue weighted by molar-refractivity contribution is 7.89. The van der Waals surface area contributed by atoms with Crippen LogP contribution in [-0.2, 0) is 20.4 Å². The molecule has 1 aromatic rings. The number of carbonyl (C=O) groups is 1. The van der Waals surface area contributed by atoms with Crippen LogP contribution in [0.5, 0.6) is 0 Å². The number of hydrogen-bond acceptors (Lipinski definition) is 4. The molecular weight excluding hydrogens is 300 g/mol. The summed E-state index contributed by atoms with van der Waals surface area (Å²) in [6.07, 6.45) is 4.20. The molecule has 0 spiro atoms. The lowest BCUT2D eigenvalue weighted by Crippen LogP contribution is -2.34. The van der Waals surface area contributed by atoms with Crippen molar-refractivity contribution in [3.05, 3.63) is 29.8 Å². The Morgan fingerprint density at radius 1 is 1.27 bits per heavy atom. The van der Waals surface area contributed by atoms with Crippen LogP contribution in [0.25, 0.3) is 0 Å². The number of rotatable bonds is 5. The quantitative estimate of drug-likeness (QED) is 0.898. The van der Waals surface area contributed by atoms with Gasteiger partial charge in [-0.15, -0.1) is 0 Å². The average Bonchev–Trinajstić information content (AvgIpc) is 2.60. The van der Waals surface area contributed by atoms with Gasteiger partial charge in [0.2, 0.25) is 5.91 Å². The molecule has 122 valence electrons. The molecule has 1 aromatic carbocycles. The first-order valence-electron chi connectivity index (χ1n) is 7.61. The first kappa shape index (κ1) is 16.8. The average molecular weight is 324 g/mol. The molecule has 0 aromatic heterocycles. The van der Waals surface area contributed by atoms with Gasteiger partial charge < -0.3 is 10.2 Å². The third kappa shape index (κ3) is 4.73. The molecular formula is C16H24N2O3S. The third-order valence-corrected chi connectivity index (χ3v) is 4.83. The molecule has 6 heteroatoms. The summed E-state index contributed by atoms with van der Waals surface area (Å²) in [6, 6.07) is 7.38. The predicted molar refractivity (Wildman–Crippen MR) is 88.5 cm³/mol. The molecule has 1 fully saturated rings. The molecule has 22 heavy (non-hydrogen) atoms. The van der Waals surface area contributed by atoms with Crippen LogP contribution in [0.3, 0.4) is 0 Å². The van der Waals surface area contributed by atoms with Gasteiger partial charge in [-0.25, -0.2) is 8.42 Å². The zero-order valence-electron chi connectivity index (χ0n) is 13.2. The Kier molecular flexibility index (Phi) is 5.45. The van der Waals surface area contributed by atoms with Crippen LogP contribution >= 0.6 is 0 Å². The van der Waals surface area contributed by atoms with Gasteiger partial charge in [0.05, 0.1) is 11.7 Å². The normalized spacial score (nSPS) is 19.8. The maximum absolute atomic E-state index is 12.3. The molecule has 0 bridgehead atoms. The number of carbonyl (C=O) groups excluding carboxylic acids is 1. The molecule has 1 saturated heterocycles. The summed E-state index contributed by atoms with van der Waals surface area (Å²) in [6.45, 7) is 1.37. The molecule has 2 rings (SSSR count). The van der Waals surface area contributed by atoms with Crippen molar-refractivity contribution in [2.45, 2.75) is 25.0 Å². The zero-order valence-corrected chi connectivity index (χ0v) is 14.0. The Morgan fingerprint density at radius 2 is 2.00 bits per heavy atom. The van der Waals surface area contributed by atoms with Crippen LogP contribution in [0.1, 0.15) is 24.8 Å². The maximum Gasteiger partial charge on any atom is 0.227 e. The van der Waals surface area contributed by atoms with Gasteiger partial charge in [-0.05, 0) is 24.5 Å². The molecule has 1 aliphatic heterocycles. The standard InChI is InChI=1S/C16H24N2O3S/c1-18-10-6-5-7-13(16(18)19)11-17-15-9-4-3-8-14(15)12-22(2,20)21/h3-4,8-9,13,17H,5-7,10-12H2,1-2H3/t13-/m0/s1. The number of likely N-dealkylation sites (tertiary alicyclic amines) is 1. The first-order valence-corrected chi connectivity index (χ1v) is 9.67. The van der Waals surface area contributed by atoms with Gasteiger partial charge in [-0.3, -0.25) is 4.79 Å². The molecule has 1 heterocycles. The number of para-hydroxylation sites is 1. The SMILES string of the molecule is CN1CCCC[C@@H](CNc2ccccc2CS(C)(=O)=O)C1=O. The highest BCUT2D eigenvalue weighted by Crippen LogP contribution is 2.21.